The highest BCUT2D eigenvalue weighted by molar-refractivity contribution is 5.78. The summed E-state index contributed by atoms with van der Waals surface area (Å²) in [6.45, 7) is 2.08. The van der Waals surface area contributed by atoms with Crippen molar-refractivity contribution in [3.05, 3.63) is 0 Å². The molecule has 0 atom stereocenters. The molecule has 0 unspecified atom stereocenters. The first kappa shape index (κ1) is 23.3. The van der Waals surface area contributed by atoms with E-state index in [2.05, 4.69) is 6.92 Å². The molecule has 0 aliphatic carbocycles. The molecule has 0 amide bonds. The monoisotopic (exact) mass is 338 g/mol. The third-order valence-electron chi connectivity index (χ3n) is 4.81. The van der Waals surface area contributed by atoms with Crippen LogP contribution in [0.1, 0.15) is 129 Å². The summed E-state index contributed by atoms with van der Waals surface area (Å²) in [6, 6.07) is 0. The summed E-state index contributed by atoms with van der Waals surface area (Å²) < 4.78 is 0. The van der Waals surface area contributed by atoms with Crippen molar-refractivity contribution in [2.75, 3.05) is 0 Å². The van der Waals surface area contributed by atoms with Gasteiger partial charge >= 0.3 is 0 Å². The Morgan fingerprint density at radius 2 is 0.958 bits per heavy atom. The Bertz CT molecular complexity index is 273. The van der Waals surface area contributed by atoms with Gasteiger partial charge in [0.25, 0.3) is 0 Å². The standard InChI is InChI=1S/C22H42O2/c1-2-19-22(24)20-17-15-13-11-9-7-5-3-4-6-8-10-12-14-16-18-21-23/h21H,2-20H2,1H3. The van der Waals surface area contributed by atoms with Gasteiger partial charge in [-0.3, -0.25) is 4.79 Å². The van der Waals surface area contributed by atoms with E-state index in [1.807, 2.05) is 0 Å². The van der Waals surface area contributed by atoms with E-state index in [0.717, 1.165) is 44.8 Å². The minimum absolute atomic E-state index is 0.457. The molecule has 0 radical (unpaired) electrons. The molecule has 0 saturated carbocycles. The zero-order valence-electron chi connectivity index (χ0n) is 16.3. The molecule has 0 aliphatic heterocycles. The lowest BCUT2D eigenvalue weighted by Gasteiger charge is -2.03. The summed E-state index contributed by atoms with van der Waals surface area (Å²) in [7, 11) is 0. The zero-order chi connectivity index (χ0) is 17.7. The maximum Gasteiger partial charge on any atom is 0.132 e. The lowest BCUT2D eigenvalue weighted by Crippen LogP contribution is -1.96. The van der Waals surface area contributed by atoms with Gasteiger partial charge in [-0.2, -0.15) is 0 Å². The third-order valence-corrected chi connectivity index (χ3v) is 4.81. The quantitative estimate of drug-likeness (QED) is 0.174. The van der Waals surface area contributed by atoms with Gasteiger partial charge in [0, 0.05) is 19.3 Å². The summed E-state index contributed by atoms with van der Waals surface area (Å²) in [6.07, 6.45) is 24.1. The fourth-order valence-electron chi connectivity index (χ4n) is 3.25. The highest BCUT2D eigenvalue weighted by Crippen LogP contribution is 2.14. The highest BCUT2D eigenvalue weighted by atomic mass is 16.1. The number of Topliss-reactive ketones (excluding diaryl/α,β-unsaturated/α-hetero) is 1. The van der Waals surface area contributed by atoms with Gasteiger partial charge in [-0.1, -0.05) is 90.4 Å². The maximum absolute atomic E-state index is 11.4. The molecule has 24 heavy (non-hydrogen) atoms. The van der Waals surface area contributed by atoms with Gasteiger partial charge in [0.05, 0.1) is 0 Å². The van der Waals surface area contributed by atoms with Crippen LogP contribution in [-0.2, 0) is 9.59 Å². The van der Waals surface area contributed by atoms with Gasteiger partial charge in [0.2, 0.25) is 0 Å². The highest BCUT2D eigenvalue weighted by Gasteiger charge is 1.99. The van der Waals surface area contributed by atoms with Gasteiger partial charge in [-0.05, 0) is 19.3 Å². The van der Waals surface area contributed by atoms with Crippen molar-refractivity contribution in [1.29, 1.82) is 0 Å². The molecule has 0 N–H and O–H groups in total. The van der Waals surface area contributed by atoms with Gasteiger partial charge in [-0.15, -0.1) is 0 Å². The molecule has 0 aliphatic rings. The molecule has 0 aromatic heterocycles. The summed E-state index contributed by atoms with van der Waals surface area (Å²) >= 11 is 0. The Morgan fingerprint density at radius 3 is 1.33 bits per heavy atom. The van der Waals surface area contributed by atoms with E-state index in [1.54, 1.807) is 0 Å². The molecule has 0 heterocycles. The van der Waals surface area contributed by atoms with Gasteiger partial charge in [0.1, 0.15) is 12.1 Å². The summed E-state index contributed by atoms with van der Waals surface area (Å²) in [5, 5.41) is 0. The predicted molar refractivity (Wildman–Crippen MR) is 104 cm³/mol. The molecule has 0 aromatic rings. The smallest absolute Gasteiger partial charge is 0.132 e. The molecule has 2 heteroatoms. The van der Waals surface area contributed by atoms with Crippen molar-refractivity contribution in [2.45, 2.75) is 129 Å². The van der Waals surface area contributed by atoms with Crippen molar-refractivity contribution in [1.82, 2.24) is 0 Å². The van der Waals surface area contributed by atoms with Gasteiger partial charge < -0.3 is 4.79 Å². The van der Waals surface area contributed by atoms with Crippen molar-refractivity contribution in [2.24, 2.45) is 0 Å². The molecule has 2 nitrogen and oxygen atoms in total. The number of unbranched alkanes of at least 4 members (excludes halogenated alkanes) is 15. The molecule has 0 fully saturated rings. The number of ketones is 1. The van der Waals surface area contributed by atoms with Crippen LogP contribution in [0.5, 0.6) is 0 Å². The molecule has 0 saturated heterocycles. The number of carbonyl (C=O) groups excluding carboxylic acids is 2. The SMILES string of the molecule is CCCC(=O)CCCCCCCCCCCCCCCCCC=O. The lowest BCUT2D eigenvalue weighted by atomic mass is 10.0. The Balaban J connectivity index is 3.02. The normalized spacial score (nSPS) is 10.9. The summed E-state index contributed by atoms with van der Waals surface area (Å²) in [5.74, 6) is 0.457. The molecule has 0 bridgehead atoms. The van der Waals surface area contributed by atoms with Crippen LogP contribution >= 0.6 is 0 Å². The fraction of sp³-hybridized carbons (Fsp3) is 0.909. The van der Waals surface area contributed by atoms with E-state index in [9.17, 15) is 9.59 Å². The van der Waals surface area contributed by atoms with E-state index in [0.29, 0.717) is 5.78 Å². The van der Waals surface area contributed by atoms with E-state index >= 15 is 0 Å². The van der Waals surface area contributed by atoms with Gasteiger partial charge in [-0.25, -0.2) is 0 Å². The molecule has 142 valence electrons. The first-order chi connectivity index (χ1) is 11.8. The molecule has 0 rings (SSSR count). The minimum Gasteiger partial charge on any atom is -0.303 e. The second-order valence-corrected chi connectivity index (χ2v) is 7.30. The zero-order valence-corrected chi connectivity index (χ0v) is 16.3. The van der Waals surface area contributed by atoms with E-state index in [1.165, 1.54) is 83.5 Å². The predicted octanol–water partition coefficient (Wildman–Crippen LogP) is 7.19. The van der Waals surface area contributed by atoms with Crippen molar-refractivity contribution < 1.29 is 9.59 Å². The first-order valence-corrected chi connectivity index (χ1v) is 10.8. The van der Waals surface area contributed by atoms with Crippen LogP contribution in [0.15, 0.2) is 0 Å². The molecule has 0 spiro atoms. The number of hydrogen-bond acceptors (Lipinski definition) is 2. The number of aldehydes is 1. The second-order valence-electron chi connectivity index (χ2n) is 7.30. The van der Waals surface area contributed by atoms with Crippen LogP contribution in [0.2, 0.25) is 0 Å². The van der Waals surface area contributed by atoms with E-state index in [4.69, 9.17) is 0 Å². The van der Waals surface area contributed by atoms with Crippen LogP contribution in [0.3, 0.4) is 0 Å². The Morgan fingerprint density at radius 1 is 0.583 bits per heavy atom. The van der Waals surface area contributed by atoms with E-state index < -0.39 is 0 Å². The summed E-state index contributed by atoms with van der Waals surface area (Å²) in [5.41, 5.74) is 0. The second kappa shape index (κ2) is 20.4. The average molecular weight is 339 g/mol. The fourth-order valence-corrected chi connectivity index (χ4v) is 3.25. The Kier molecular flexibility index (Phi) is 19.8. The lowest BCUT2D eigenvalue weighted by molar-refractivity contribution is -0.119. The largest absolute Gasteiger partial charge is 0.303 e. The van der Waals surface area contributed by atoms with Crippen molar-refractivity contribution in [3.8, 4) is 0 Å². The molecular weight excluding hydrogens is 296 g/mol. The number of carbonyl (C=O) groups is 2. The molecule has 0 aromatic carbocycles. The molecular formula is C22H42O2. The van der Waals surface area contributed by atoms with Gasteiger partial charge in [0.15, 0.2) is 0 Å². The van der Waals surface area contributed by atoms with Crippen LogP contribution in [0, 0.1) is 0 Å². The summed E-state index contributed by atoms with van der Waals surface area (Å²) in [4.78, 5) is 21.6. The van der Waals surface area contributed by atoms with Crippen molar-refractivity contribution >= 4 is 12.1 Å². The van der Waals surface area contributed by atoms with E-state index in [-0.39, 0.29) is 0 Å². The first-order valence-electron chi connectivity index (χ1n) is 10.8. The van der Waals surface area contributed by atoms with Crippen molar-refractivity contribution in [3.63, 3.8) is 0 Å². The van der Waals surface area contributed by atoms with Crippen LogP contribution in [0.4, 0.5) is 0 Å². The van der Waals surface area contributed by atoms with Crippen LogP contribution < -0.4 is 0 Å². The minimum atomic E-state index is 0.457. The Hall–Kier alpha value is -0.660. The third kappa shape index (κ3) is 19.4. The van der Waals surface area contributed by atoms with Crippen LogP contribution in [-0.4, -0.2) is 12.1 Å². The average Bonchev–Trinajstić information content (AvgIpc) is 2.58. The van der Waals surface area contributed by atoms with Crippen LogP contribution in [0.25, 0.3) is 0 Å². The maximum atomic E-state index is 11.4. The topological polar surface area (TPSA) is 34.1 Å². The Labute approximate surface area is 151 Å². The number of hydrogen-bond donors (Lipinski definition) is 0. The number of rotatable bonds is 20.